The Labute approximate surface area is 177 Å². The number of benzene rings is 1. The Morgan fingerprint density at radius 3 is 2.47 bits per heavy atom. The van der Waals surface area contributed by atoms with Crippen molar-refractivity contribution in [1.29, 1.82) is 0 Å². The molecule has 2 N–H and O–H groups in total. The maximum absolute atomic E-state index is 12.0. The van der Waals surface area contributed by atoms with Gasteiger partial charge in [-0.15, -0.1) is 0 Å². The molecule has 0 aliphatic carbocycles. The molecule has 0 fully saturated rings. The summed E-state index contributed by atoms with van der Waals surface area (Å²) in [7, 11) is 1.48. The zero-order chi connectivity index (χ0) is 22.5. The molecule has 1 aromatic carbocycles. The van der Waals surface area contributed by atoms with Crippen molar-refractivity contribution >= 4 is 29.0 Å². The van der Waals surface area contributed by atoms with Gasteiger partial charge in [-0.05, 0) is 52.3 Å². The molecule has 7 heteroatoms. The molecule has 0 saturated carbocycles. The van der Waals surface area contributed by atoms with Gasteiger partial charge in [0.05, 0.1) is 23.9 Å². The average molecular weight is 415 g/mol. The highest BCUT2D eigenvalue weighted by Crippen LogP contribution is 2.23. The maximum atomic E-state index is 12.0. The number of methoxy groups -OCH3 is 1. The van der Waals surface area contributed by atoms with Gasteiger partial charge in [0.25, 0.3) is 0 Å². The van der Waals surface area contributed by atoms with Crippen LogP contribution in [0.5, 0.6) is 0 Å². The highest BCUT2D eigenvalue weighted by molar-refractivity contribution is 5.83. The van der Waals surface area contributed by atoms with E-state index >= 15 is 0 Å². The first-order chi connectivity index (χ1) is 13.9. The van der Waals surface area contributed by atoms with E-state index in [0.717, 1.165) is 16.5 Å². The number of hydrogen-bond acceptors (Lipinski definition) is 5. The van der Waals surface area contributed by atoms with E-state index in [1.54, 1.807) is 19.1 Å². The van der Waals surface area contributed by atoms with Crippen LogP contribution in [0.1, 0.15) is 51.9 Å². The molecule has 7 nitrogen and oxygen atoms in total. The molecule has 30 heavy (non-hydrogen) atoms. The van der Waals surface area contributed by atoms with E-state index in [9.17, 15) is 14.7 Å². The van der Waals surface area contributed by atoms with Crippen molar-refractivity contribution in [1.82, 2.24) is 10.3 Å². The number of carboxylic acid groups (broad SMARTS) is 1. The molecule has 2 aromatic rings. The summed E-state index contributed by atoms with van der Waals surface area (Å²) in [4.78, 5) is 28.2. The van der Waals surface area contributed by atoms with Crippen LogP contribution in [0.2, 0.25) is 0 Å². The van der Waals surface area contributed by atoms with Crippen molar-refractivity contribution < 1.29 is 24.2 Å². The SMILES string of the molecule is COC[C@](C)(C=Cc1ccc2ccc([C@@H](C)NC(=O)OC(C)(C)C)nc2c1)C(=O)O. The molecule has 2 rings (SSSR count). The quantitative estimate of drug-likeness (QED) is 0.689. The zero-order valence-electron chi connectivity index (χ0n) is 18.4. The molecule has 0 aliphatic rings. The Kier molecular flexibility index (Phi) is 7.21. The van der Waals surface area contributed by atoms with Gasteiger partial charge in [-0.2, -0.15) is 0 Å². The zero-order valence-corrected chi connectivity index (χ0v) is 18.4. The molecular weight excluding hydrogens is 384 g/mol. The number of nitrogens with zero attached hydrogens (tertiary/aromatic N) is 1. The van der Waals surface area contributed by atoms with E-state index in [0.29, 0.717) is 5.69 Å². The van der Waals surface area contributed by atoms with Gasteiger partial charge in [0.2, 0.25) is 0 Å². The van der Waals surface area contributed by atoms with Gasteiger partial charge in [-0.3, -0.25) is 9.78 Å². The summed E-state index contributed by atoms with van der Waals surface area (Å²) in [5, 5.41) is 13.2. The average Bonchev–Trinajstić information content (AvgIpc) is 2.64. The first-order valence-electron chi connectivity index (χ1n) is 9.75. The van der Waals surface area contributed by atoms with Crippen LogP contribution in [0.4, 0.5) is 4.79 Å². The Morgan fingerprint density at radius 2 is 1.87 bits per heavy atom. The van der Waals surface area contributed by atoms with Crippen molar-refractivity contribution in [3.8, 4) is 0 Å². The first-order valence-corrected chi connectivity index (χ1v) is 9.75. The van der Waals surface area contributed by atoms with Crippen LogP contribution in [0.3, 0.4) is 0 Å². The van der Waals surface area contributed by atoms with E-state index in [4.69, 9.17) is 9.47 Å². The van der Waals surface area contributed by atoms with Crippen molar-refractivity contribution in [3.05, 3.63) is 47.7 Å². The topological polar surface area (TPSA) is 97.8 Å². The minimum Gasteiger partial charge on any atom is -0.481 e. The fourth-order valence-corrected chi connectivity index (χ4v) is 2.81. The Bertz CT molecular complexity index is 948. The monoisotopic (exact) mass is 414 g/mol. The molecule has 162 valence electrons. The second kappa shape index (κ2) is 9.26. The number of carbonyl (C=O) groups is 2. The highest BCUT2D eigenvalue weighted by atomic mass is 16.6. The molecular formula is C23H30N2O5. The van der Waals surface area contributed by atoms with E-state index in [-0.39, 0.29) is 12.6 Å². The fourth-order valence-electron chi connectivity index (χ4n) is 2.81. The molecule has 0 saturated heterocycles. The number of carbonyl (C=O) groups excluding carboxylic acids is 1. The number of ether oxygens (including phenoxy) is 2. The van der Waals surface area contributed by atoms with Crippen LogP contribution in [0.25, 0.3) is 17.0 Å². The van der Waals surface area contributed by atoms with Crippen LogP contribution in [0.15, 0.2) is 36.4 Å². The summed E-state index contributed by atoms with van der Waals surface area (Å²) in [5.41, 5.74) is 0.573. The summed E-state index contributed by atoms with van der Waals surface area (Å²) < 4.78 is 10.3. The summed E-state index contributed by atoms with van der Waals surface area (Å²) >= 11 is 0. The largest absolute Gasteiger partial charge is 0.481 e. The number of hydrogen-bond donors (Lipinski definition) is 2. The number of pyridine rings is 1. The molecule has 0 spiro atoms. The third kappa shape index (κ3) is 6.29. The van der Waals surface area contributed by atoms with Crippen molar-refractivity contribution in [2.24, 2.45) is 5.41 Å². The van der Waals surface area contributed by atoms with Crippen LogP contribution in [-0.2, 0) is 14.3 Å². The van der Waals surface area contributed by atoms with Gasteiger partial charge in [0, 0.05) is 12.5 Å². The van der Waals surface area contributed by atoms with Gasteiger partial charge >= 0.3 is 12.1 Å². The lowest BCUT2D eigenvalue weighted by molar-refractivity contribution is -0.147. The molecule has 0 radical (unpaired) electrons. The predicted molar refractivity (Wildman–Crippen MR) is 116 cm³/mol. The molecule has 0 bridgehead atoms. The number of aromatic nitrogens is 1. The van der Waals surface area contributed by atoms with Gasteiger partial charge < -0.3 is 19.9 Å². The van der Waals surface area contributed by atoms with Crippen LogP contribution < -0.4 is 5.32 Å². The van der Waals surface area contributed by atoms with Gasteiger partial charge in [-0.1, -0.05) is 30.4 Å². The minimum atomic E-state index is -1.12. The minimum absolute atomic E-state index is 0.0721. The molecule has 1 heterocycles. The summed E-state index contributed by atoms with van der Waals surface area (Å²) in [5.74, 6) is -0.955. The number of nitrogens with one attached hydrogen (secondary N) is 1. The van der Waals surface area contributed by atoms with E-state index in [1.165, 1.54) is 7.11 Å². The number of alkyl carbamates (subject to hydrolysis) is 1. The first kappa shape index (κ1) is 23.3. The maximum Gasteiger partial charge on any atom is 0.408 e. The van der Waals surface area contributed by atoms with Crippen LogP contribution >= 0.6 is 0 Å². The number of amides is 1. The van der Waals surface area contributed by atoms with Gasteiger partial charge in [-0.25, -0.2) is 4.79 Å². The number of fused-ring (bicyclic) bond motifs is 1. The number of aliphatic carboxylic acids is 1. The second-order valence-corrected chi connectivity index (χ2v) is 8.55. The lowest BCUT2D eigenvalue weighted by atomic mass is 9.90. The van der Waals surface area contributed by atoms with Crippen molar-refractivity contribution in [2.45, 2.75) is 46.3 Å². The van der Waals surface area contributed by atoms with Crippen molar-refractivity contribution in [2.75, 3.05) is 13.7 Å². The second-order valence-electron chi connectivity index (χ2n) is 8.55. The summed E-state index contributed by atoms with van der Waals surface area (Å²) in [6.45, 7) is 8.94. The van der Waals surface area contributed by atoms with E-state index in [2.05, 4.69) is 10.3 Å². The molecule has 1 amide bonds. The van der Waals surface area contributed by atoms with Crippen LogP contribution in [0, 0.1) is 5.41 Å². The number of carboxylic acids is 1. The molecule has 1 aromatic heterocycles. The third-order valence-corrected chi connectivity index (χ3v) is 4.49. The molecule has 2 atom stereocenters. The molecule has 0 unspecified atom stereocenters. The lowest BCUT2D eigenvalue weighted by Crippen LogP contribution is -2.34. The van der Waals surface area contributed by atoms with Gasteiger partial charge in [0.1, 0.15) is 11.0 Å². The Hall–Kier alpha value is -2.93. The summed E-state index contributed by atoms with van der Waals surface area (Å²) in [6.07, 6.45) is 2.87. The Balaban J connectivity index is 2.24. The lowest BCUT2D eigenvalue weighted by Gasteiger charge is -2.22. The number of rotatable bonds is 7. The van der Waals surface area contributed by atoms with Crippen LogP contribution in [-0.4, -0.2) is 41.5 Å². The normalized spacial score (nSPS) is 15.0. The predicted octanol–water partition coefficient (Wildman–Crippen LogP) is 4.57. The smallest absolute Gasteiger partial charge is 0.408 e. The van der Waals surface area contributed by atoms with E-state index < -0.39 is 23.1 Å². The third-order valence-electron chi connectivity index (χ3n) is 4.49. The Morgan fingerprint density at radius 1 is 1.20 bits per heavy atom. The molecule has 0 aliphatic heterocycles. The van der Waals surface area contributed by atoms with Crippen molar-refractivity contribution in [3.63, 3.8) is 0 Å². The highest BCUT2D eigenvalue weighted by Gasteiger charge is 2.30. The standard InChI is InChI=1S/C23H30N2O5/c1-15(24-21(28)30-22(2,3)4)18-10-9-17-8-7-16(13-19(17)25-18)11-12-23(5,14-29-6)20(26)27/h7-13,15H,14H2,1-6H3,(H,24,28)(H,26,27)/t15-,23+/m1/s1. The summed E-state index contributed by atoms with van der Waals surface area (Å²) in [6, 6.07) is 9.17. The van der Waals surface area contributed by atoms with Gasteiger partial charge in [0.15, 0.2) is 0 Å². The van der Waals surface area contributed by atoms with E-state index in [1.807, 2.05) is 58.0 Å². The fraction of sp³-hybridized carbons (Fsp3) is 0.435.